The van der Waals surface area contributed by atoms with Crippen molar-refractivity contribution in [3.05, 3.63) is 210 Å². The van der Waals surface area contributed by atoms with E-state index in [-0.39, 0.29) is 11.4 Å². The predicted molar refractivity (Wildman–Crippen MR) is 394 cm³/mol. The standard InChI is InChI=1S/C77H72N4S9/c1-7-11-15-19-23-48-27-28-50(35-48)76(51-36-54(82-46-51)25-21-17-13-9-3)62-42-61-63(43-60(62)71-69(76)73-66(89-71)40-58(87-73)38-56-29-32-64(84-56)49(44-78)45-79)77(52-37-55(83-47-52)26-22-18-14-10-4,68-34-31-53(86-68)24-20-16-12-8-2)70-72(61)90-67-41-59(88-74(67)70)39-57-30-33-65(85-57)75(80-5)81-6/h27-34,36-43,46-47H,7-26,35H2,1-4H3/b56-38+,57-39+. The van der Waals surface area contributed by atoms with E-state index in [4.69, 9.17) is 13.1 Å². The smallest absolute Gasteiger partial charge is 0.192 e. The van der Waals surface area contributed by atoms with Crippen LogP contribution in [0.2, 0.25) is 0 Å². The minimum atomic E-state index is -0.570. The molecule has 13 rings (SSSR count). The van der Waals surface area contributed by atoms with Crippen LogP contribution in [0.4, 0.5) is 0 Å². The lowest BCUT2D eigenvalue weighted by Gasteiger charge is -2.35. The summed E-state index contributed by atoms with van der Waals surface area (Å²) < 4.78 is 8.88. The van der Waals surface area contributed by atoms with Crippen LogP contribution in [0.25, 0.3) is 72.9 Å². The van der Waals surface area contributed by atoms with Gasteiger partial charge in [-0.3, -0.25) is 0 Å². The molecule has 90 heavy (non-hydrogen) atoms. The third-order valence-corrected chi connectivity index (χ3v) is 28.6. The Morgan fingerprint density at radius 1 is 0.511 bits per heavy atom. The van der Waals surface area contributed by atoms with Crippen molar-refractivity contribution in [3.8, 4) is 33.0 Å². The van der Waals surface area contributed by atoms with Gasteiger partial charge >= 0.3 is 5.82 Å². The van der Waals surface area contributed by atoms with Crippen molar-refractivity contribution in [1.82, 2.24) is 0 Å². The number of hydrogen-bond acceptors (Lipinski definition) is 11. The SMILES string of the molecule is [C-]#[N+]C([N+]#[C-])=c1cc/c(=C\c2cc3sc4c(c3s2)C(c2csc(CCCCCC)c2)(c2ccc(CCCCCC)s2)c2cc3c(cc2-4)C(C2=CC=C(CCCCCC)C2)(c2csc(CCCCCC)c2)c2c-3sc3cc(/C=c4\ccc(=C(C#N)C#N)s4)sc23)s1. The van der Waals surface area contributed by atoms with E-state index in [1.807, 2.05) is 80.2 Å². The monoisotopic (exact) mass is 1340 g/mol. The number of nitrogens with zero attached hydrogens (tertiary/aromatic N) is 4. The van der Waals surface area contributed by atoms with Crippen molar-refractivity contribution in [2.75, 3.05) is 0 Å². The van der Waals surface area contributed by atoms with Gasteiger partial charge in [0, 0.05) is 68.6 Å². The minimum Gasteiger partial charge on any atom is -0.192 e. The molecule has 13 heteroatoms. The van der Waals surface area contributed by atoms with Crippen molar-refractivity contribution in [2.45, 2.75) is 173 Å². The highest BCUT2D eigenvalue weighted by atomic mass is 32.1. The molecular weight excluding hydrogens is 1270 g/mol. The number of hydrogen-bond donors (Lipinski definition) is 0. The van der Waals surface area contributed by atoms with Crippen molar-refractivity contribution < 1.29 is 0 Å². The van der Waals surface area contributed by atoms with Crippen LogP contribution in [0.15, 0.2) is 107 Å². The van der Waals surface area contributed by atoms with E-state index < -0.39 is 10.8 Å². The lowest BCUT2D eigenvalue weighted by Crippen LogP contribution is -2.29. The molecule has 0 amide bonds. The molecule has 3 aliphatic carbocycles. The molecule has 2 atom stereocenters. The zero-order valence-corrected chi connectivity index (χ0v) is 59.1. The first kappa shape index (κ1) is 62.8. The van der Waals surface area contributed by atoms with Crippen molar-refractivity contribution in [1.29, 1.82) is 10.5 Å². The Morgan fingerprint density at radius 3 is 1.56 bits per heavy atom. The van der Waals surface area contributed by atoms with Gasteiger partial charge in [-0.25, -0.2) is 0 Å². The van der Waals surface area contributed by atoms with Gasteiger partial charge in [-0.15, -0.1) is 102 Å². The summed E-state index contributed by atoms with van der Waals surface area (Å²) in [6.07, 6.45) is 34.7. The molecule has 9 heterocycles. The topological polar surface area (TPSA) is 56.3 Å². The Balaban J connectivity index is 1.08. The first-order chi connectivity index (χ1) is 44.2. The largest absolute Gasteiger partial charge is 0.536 e. The first-order valence-electron chi connectivity index (χ1n) is 32.4. The zero-order chi connectivity index (χ0) is 61.9. The number of benzene rings is 1. The van der Waals surface area contributed by atoms with E-state index in [1.165, 1.54) is 233 Å². The second-order valence-corrected chi connectivity index (χ2v) is 34.0. The van der Waals surface area contributed by atoms with Crippen LogP contribution in [-0.2, 0) is 30.1 Å². The van der Waals surface area contributed by atoms with Crippen LogP contribution in [0.3, 0.4) is 0 Å². The lowest BCUT2D eigenvalue weighted by atomic mass is 9.66. The molecule has 3 aliphatic rings. The van der Waals surface area contributed by atoms with Crippen LogP contribution >= 0.6 is 102 Å². The molecule has 1 aromatic carbocycles. The number of allylic oxidation sites excluding steroid dienone is 4. The molecule has 0 N–H and O–H groups in total. The van der Waals surface area contributed by atoms with Gasteiger partial charge in [-0.05, 0) is 192 Å². The summed E-state index contributed by atoms with van der Waals surface area (Å²) in [5.41, 5.74) is 13.4. The molecule has 2 unspecified atom stereocenters. The van der Waals surface area contributed by atoms with E-state index in [0.29, 0.717) is 4.53 Å². The highest BCUT2D eigenvalue weighted by molar-refractivity contribution is 7.31. The zero-order valence-electron chi connectivity index (χ0n) is 51.7. The molecule has 10 aromatic rings. The van der Waals surface area contributed by atoms with Gasteiger partial charge in [0.1, 0.15) is 35.4 Å². The van der Waals surface area contributed by atoms with Crippen molar-refractivity contribution in [3.63, 3.8) is 0 Å². The molecule has 0 radical (unpaired) electrons. The molecule has 454 valence electrons. The molecule has 0 saturated carbocycles. The fraction of sp³-hybridized carbons (Fsp3) is 0.351. The van der Waals surface area contributed by atoms with Gasteiger partial charge in [0.15, 0.2) is 0 Å². The number of unbranched alkanes of at least 4 members (excludes halogenated alkanes) is 12. The normalized spacial score (nSPS) is 16.7. The Hall–Kier alpha value is -6.04. The Labute approximate surface area is 566 Å². The second kappa shape index (κ2) is 27.7. The second-order valence-electron chi connectivity index (χ2n) is 24.4. The number of fused-ring (bicyclic) bond motifs is 10. The molecule has 0 aliphatic heterocycles. The summed E-state index contributed by atoms with van der Waals surface area (Å²) in [4.78, 5) is 18.1. The van der Waals surface area contributed by atoms with E-state index in [2.05, 4.69) is 157 Å². The summed E-state index contributed by atoms with van der Waals surface area (Å²) in [5.74, 6) is 0.129. The fourth-order valence-electron chi connectivity index (χ4n) is 14.2. The number of nitriles is 2. The van der Waals surface area contributed by atoms with Crippen molar-refractivity contribution in [2.24, 2.45) is 0 Å². The molecule has 0 fully saturated rings. The average molecular weight is 1340 g/mol. The first-order valence-corrected chi connectivity index (χ1v) is 39.8. The van der Waals surface area contributed by atoms with E-state index in [9.17, 15) is 10.5 Å². The highest BCUT2D eigenvalue weighted by Gasteiger charge is 2.56. The maximum atomic E-state index is 9.80. The van der Waals surface area contributed by atoms with E-state index in [0.717, 1.165) is 45.7 Å². The van der Waals surface area contributed by atoms with Gasteiger partial charge in [-0.1, -0.05) is 122 Å². The summed E-state index contributed by atoms with van der Waals surface area (Å²) in [6.45, 7) is 24.6. The van der Waals surface area contributed by atoms with Gasteiger partial charge in [0.2, 0.25) is 0 Å². The fourth-order valence-corrected chi connectivity index (χ4v) is 24.8. The van der Waals surface area contributed by atoms with Gasteiger partial charge < -0.3 is 0 Å². The maximum Gasteiger partial charge on any atom is 0.536 e. The van der Waals surface area contributed by atoms with Gasteiger partial charge in [-0.2, -0.15) is 20.2 Å². The van der Waals surface area contributed by atoms with E-state index >= 15 is 0 Å². The summed E-state index contributed by atoms with van der Waals surface area (Å²) in [6, 6.07) is 32.8. The summed E-state index contributed by atoms with van der Waals surface area (Å²) in [5, 5.41) is 24.7. The van der Waals surface area contributed by atoms with E-state index in [1.54, 1.807) is 5.57 Å². The lowest BCUT2D eigenvalue weighted by molar-refractivity contribution is 0.653. The van der Waals surface area contributed by atoms with Crippen LogP contribution in [0.5, 0.6) is 0 Å². The number of aryl methyl sites for hydroxylation is 3. The quantitative estimate of drug-likeness (QED) is 0.0401. The molecule has 0 spiro atoms. The molecule has 0 saturated heterocycles. The summed E-state index contributed by atoms with van der Waals surface area (Å²) in [7, 11) is 0. The highest BCUT2D eigenvalue weighted by Crippen LogP contribution is 2.69. The Morgan fingerprint density at radius 2 is 1.01 bits per heavy atom. The third kappa shape index (κ3) is 11.5. The Bertz CT molecular complexity index is 4770. The molecule has 9 aromatic heterocycles. The average Bonchev–Trinajstić information content (AvgIpc) is 1.49. The molecule has 0 bridgehead atoms. The maximum absolute atomic E-state index is 9.80. The molecular formula is C77H72N4S9. The Kier molecular flexibility index (Phi) is 19.3. The van der Waals surface area contributed by atoms with Crippen molar-refractivity contribution >= 4 is 144 Å². The van der Waals surface area contributed by atoms with Crippen LogP contribution in [-0.4, -0.2) is 0 Å². The summed E-state index contributed by atoms with van der Waals surface area (Å²) >= 11 is 16.8. The van der Waals surface area contributed by atoms with Crippen LogP contribution in [0, 0.1) is 35.8 Å². The minimum absolute atomic E-state index is 0.129. The van der Waals surface area contributed by atoms with Gasteiger partial charge in [0.05, 0.1) is 24.8 Å². The predicted octanol–water partition coefficient (Wildman–Crippen LogP) is 22.6. The third-order valence-electron chi connectivity index (χ3n) is 18.5. The van der Waals surface area contributed by atoms with Gasteiger partial charge in [0.25, 0.3) is 0 Å². The molecule has 4 nitrogen and oxygen atoms in total. The van der Waals surface area contributed by atoms with Crippen LogP contribution in [0.1, 0.15) is 206 Å². The van der Waals surface area contributed by atoms with Crippen LogP contribution < -0.4 is 18.1 Å². The number of thiophene rings is 9. The number of rotatable bonds is 26.